The van der Waals surface area contributed by atoms with Crippen molar-refractivity contribution in [3.8, 4) is 5.75 Å². The van der Waals surface area contributed by atoms with Gasteiger partial charge in [0, 0.05) is 19.2 Å². The second kappa shape index (κ2) is 7.38. The molecule has 1 atom stereocenters. The van der Waals surface area contributed by atoms with Gasteiger partial charge in [-0.15, -0.1) is 0 Å². The van der Waals surface area contributed by atoms with E-state index in [-0.39, 0.29) is 11.4 Å². The maximum atomic E-state index is 11.0. The molecular formula is C15H24N2O4. The first-order chi connectivity index (χ1) is 9.75. The fourth-order valence-corrected chi connectivity index (χ4v) is 2.42. The third-order valence-electron chi connectivity index (χ3n) is 3.12. The van der Waals surface area contributed by atoms with E-state index in [1.807, 2.05) is 0 Å². The molecule has 0 spiro atoms. The van der Waals surface area contributed by atoms with Crippen LogP contribution in [0.3, 0.4) is 0 Å². The predicted octanol–water partition coefficient (Wildman–Crippen LogP) is 2.49. The molecule has 0 aliphatic heterocycles. The molecule has 1 unspecified atom stereocenters. The van der Waals surface area contributed by atoms with Crippen LogP contribution in [-0.4, -0.2) is 29.3 Å². The van der Waals surface area contributed by atoms with Gasteiger partial charge in [-0.25, -0.2) is 0 Å². The van der Waals surface area contributed by atoms with Crippen LogP contribution in [0, 0.1) is 16.0 Å². The average molecular weight is 296 g/mol. The van der Waals surface area contributed by atoms with Gasteiger partial charge in [-0.05, 0) is 30.9 Å². The first-order valence-electron chi connectivity index (χ1n) is 6.99. The van der Waals surface area contributed by atoms with Crippen LogP contribution in [0.25, 0.3) is 0 Å². The van der Waals surface area contributed by atoms with E-state index in [0.717, 1.165) is 5.56 Å². The molecule has 6 heteroatoms. The molecular weight excluding hydrogens is 272 g/mol. The van der Waals surface area contributed by atoms with Gasteiger partial charge in [-0.1, -0.05) is 19.9 Å². The lowest BCUT2D eigenvalue weighted by Crippen LogP contribution is -2.38. The van der Waals surface area contributed by atoms with Crippen LogP contribution in [0.4, 0.5) is 5.69 Å². The minimum absolute atomic E-state index is 0.0502. The zero-order valence-electron chi connectivity index (χ0n) is 13.0. The van der Waals surface area contributed by atoms with Crippen molar-refractivity contribution in [1.29, 1.82) is 0 Å². The third kappa shape index (κ3) is 5.69. The fraction of sp³-hybridized carbons (Fsp3) is 0.600. The van der Waals surface area contributed by atoms with Gasteiger partial charge in [0.1, 0.15) is 0 Å². The van der Waals surface area contributed by atoms with Crippen LogP contribution >= 0.6 is 0 Å². The molecule has 0 heterocycles. The summed E-state index contributed by atoms with van der Waals surface area (Å²) in [6, 6.07) is 4.85. The summed E-state index contributed by atoms with van der Waals surface area (Å²) in [7, 11) is 1.41. The lowest BCUT2D eigenvalue weighted by molar-refractivity contribution is -0.385. The van der Waals surface area contributed by atoms with Crippen molar-refractivity contribution in [1.82, 2.24) is 5.32 Å². The maximum absolute atomic E-state index is 11.0. The van der Waals surface area contributed by atoms with E-state index in [0.29, 0.717) is 25.4 Å². The zero-order valence-corrected chi connectivity index (χ0v) is 13.0. The van der Waals surface area contributed by atoms with Crippen LogP contribution in [-0.2, 0) is 6.54 Å². The van der Waals surface area contributed by atoms with Crippen molar-refractivity contribution in [2.24, 2.45) is 5.92 Å². The smallest absolute Gasteiger partial charge is 0.311 e. The number of ether oxygens (including phenoxy) is 1. The van der Waals surface area contributed by atoms with E-state index in [1.54, 1.807) is 19.1 Å². The third-order valence-corrected chi connectivity index (χ3v) is 3.12. The molecule has 118 valence electrons. The number of nitro benzene ring substituents is 1. The molecule has 0 fully saturated rings. The molecule has 1 rings (SSSR count). The van der Waals surface area contributed by atoms with E-state index in [4.69, 9.17) is 4.74 Å². The van der Waals surface area contributed by atoms with Crippen molar-refractivity contribution >= 4 is 5.69 Å². The summed E-state index contributed by atoms with van der Waals surface area (Å²) < 4.78 is 4.96. The Hall–Kier alpha value is -1.66. The maximum Gasteiger partial charge on any atom is 0.311 e. The number of aliphatic hydroxyl groups is 1. The first kappa shape index (κ1) is 17.4. The standard InChI is InChI=1S/C15H24N2O4/c1-11(2)8-15(3,18)10-16-9-12-5-6-14(21-4)13(7-12)17(19)20/h5-7,11,16,18H,8-10H2,1-4H3. The minimum atomic E-state index is -0.785. The Morgan fingerprint density at radius 3 is 2.67 bits per heavy atom. The number of hydrogen-bond donors (Lipinski definition) is 2. The number of hydrogen-bond acceptors (Lipinski definition) is 5. The molecule has 1 aromatic rings. The van der Waals surface area contributed by atoms with Crippen LogP contribution < -0.4 is 10.1 Å². The summed E-state index contributed by atoms with van der Waals surface area (Å²) in [4.78, 5) is 10.5. The molecule has 0 amide bonds. The van der Waals surface area contributed by atoms with Crippen molar-refractivity contribution < 1.29 is 14.8 Å². The van der Waals surface area contributed by atoms with Crippen molar-refractivity contribution in [3.05, 3.63) is 33.9 Å². The number of rotatable bonds is 8. The average Bonchev–Trinajstić information content (AvgIpc) is 2.36. The topological polar surface area (TPSA) is 84.6 Å². The van der Waals surface area contributed by atoms with E-state index in [1.165, 1.54) is 13.2 Å². The van der Waals surface area contributed by atoms with Gasteiger partial charge in [0.2, 0.25) is 0 Å². The Kier molecular flexibility index (Phi) is 6.11. The molecule has 6 nitrogen and oxygen atoms in total. The molecule has 0 aliphatic carbocycles. The zero-order chi connectivity index (χ0) is 16.0. The monoisotopic (exact) mass is 296 g/mol. The van der Waals surface area contributed by atoms with Gasteiger partial charge in [0.15, 0.2) is 5.75 Å². The molecule has 0 saturated heterocycles. The lowest BCUT2D eigenvalue weighted by atomic mass is 9.94. The Bertz CT molecular complexity index is 487. The molecule has 2 N–H and O–H groups in total. The highest BCUT2D eigenvalue weighted by molar-refractivity contribution is 5.48. The summed E-state index contributed by atoms with van der Waals surface area (Å²) in [5.41, 5.74) is -0.0550. The van der Waals surface area contributed by atoms with Crippen molar-refractivity contribution in [2.45, 2.75) is 39.3 Å². The number of nitrogens with zero attached hydrogens (tertiary/aromatic N) is 1. The Balaban J connectivity index is 2.64. The summed E-state index contributed by atoms with van der Waals surface area (Å²) in [6.45, 7) is 6.79. The van der Waals surface area contributed by atoms with Crippen LogP contribution in [0.15, 0.2) is 18.2 Å². The summed E-state index contributed by atoms with van der Waals surface area (Å²) in [6.07, 6.45) is 0.697. The molecule has 0 bridgehead atoms. The highest BCUT2D eigenvalue weighted by Gasteiger charge is 2.21. The molecule has 21 heavy (non-hydrogen) atoms. The SMILES string of the molecule is COc1ccc(CNCC(C)(O)CC(C)C)cc1[N+](=O)[O-]. The van der Waals surface area contributed by atoms with Gasteiger partial charge in [-0.2, -0.15) is 0 Å². The summed E-state index contributed by atoms with van der Waals surface area (Å²) in [5.74, 6) is 0.652. The second-order valence-electron chi connectivity index (χ2n) is 5.96. The number of methoxy groups -OCH3 is 1. The van der Waals surface area contributed by atoms with Crippen LogP contribution in [0.2, 0.25) is 0 Å². The molecule has 1 aromatic carbocycles. The van der Waals surface area contributed by atoms with Crippen LogP contribution in [0.5, 0.6) is 5.75 Å². The quantitative estimate of drug-likeness (QED) is 0.568. The van der Waals surface area contributed by atoms with Gasteiger partial charge < -0.3 is 15.2 Å². The fourth-order valence-electron chi connectivity index (χ4n) is 2.42. The molecule has 0 aromatic heterocycles. The Labute approximate surface area is 125 Å². The van der Waals surface area contributed by atoms with Crippen molar-refractivity contribution in [2.75, 3.05) is 13.7 Å². The predicted molar refractivity (Wildman–Crippen MR) is 81.4 cm³/mol. The number of nitrogens with one attached hydrogen (secondary N) is 1. The molecule has 0 radical (unpaired) electrons. The van der Waals surface area contributed by atoms with Crippen LogP contribution in [0.1, 0.15) is 32.8 Å². The normalized spacial score (nSPS) is 14.0. The van der Waals surface area contributed by atoms with Gasteiger partial charge in [0.25, 0.3) is 0 Å². The van der Waals surface area contributed by atoms with E-state index in [9.17, 15) is 15.2 Å². The van der Waals surface area contributed by atoms with E-state index < -0.39 is 10.5 Å². The highest BCUT2D eigenvalue weighted by Crippen LogP contribution is 2.27. The molecule has 0 saturated carbocycles. The second-order valence-corrected chi connectivity index (χ2v) is 5.96. The van der Waals surface area contributed by atoms with E-state index >= 15 is 0 Å². The minimum Gasteiger partial charge on any atom is -0.490 e. The summed E-state index contributed by atoms with van der Waals surface area (Å²) in [5, 5.41) is 24.3. The van der Waals surface area contributed by atoms with Crippen molar-refractivity contribution in [3.63, 3.8) is 0 Å². The number of benzene rings is 1. The van der Waals surface area contributed by atoms with Gasteiger partial charge in [0.05, 0.1) is 17.6 Å². The lowest BCUT2D eigenvalue weighted by Gasteiger charge is -2.25. The van der Waals surface area contributed by atoms with E-state index in [2.05, 4.69) is 19.2 Å². The molecule has 0 aliphatic rings. The van der Waals surface area contributed by atoms with Gasteiger partial charge in [-0.3, -0.25) is 10.1 Å². The van der Waals surface area contributed by atoms with Gasteiger partial charge >= 0.3 is 5.69 Å². The summed E-state index contributed by atoms with van der Waals surface area (Å²) >= 11 is 0. The Morgan fingerprint density at radius 2 is 2.14 bits per heavy atom. The Morgan fingerprint density at radius 1 is 1.48 bits per heavy atom. The largest absolute Gasteiger partial charge is 0.490 e. The first-order valence-corrected chi connectivity index (χ1v) is 6.99. The highest BCUT2D eigenvalue weighted by atomic mass is 16.6. The number of nitro groups is 1.